The van der Waals surface area contributed by atoms with Crippen LogP contribution in [0, 0.1) is 6.92 Å². The highest BCUT2D eigenvalue weighted by Crippen LogP contribution is 2.28. The van der Waals surface area contributed by atoms with Crippen LogP contribution in [0.15, 0.2) is 55.1 Å². The van der Waals surface area contributed by atoms with Crippen LogP contribution in [0.1, 0.15) is 11.1 Å². The molecule has 6 nitrogen and oxygen atoms in total. The second kappa shape index (κ2) is 8.29. The van der Waals surface area contributed by atoms with Crippen molar-refractivity contribution < 1.29 is 4.74 Å². The highest BCUT2D eigenvalue weighted by atomic mass is 16.5. The molecule has 26 heavy (non-hydrogen) atoms. The van der Waals surface area contributed by atoms with E-state index in [0.717, 1.165) is 41.6 Å². The Morgan fingerprint density at radius 2 is 1.88 bits per heavy atom. The number of likely N-dealkylation sites (N-methyl/N-ethyl adjacent to an activating group) is 1. The molecule has 6 heteroatoms. The van der Waals surface area contributed by atoms with E-state index < -0.39 is 0 Å². The van der Waals surface area contributed by atoms with E-state index in [1.807, 2.05) is 62.8 Å². The molecule has 0 radical (unpaired) electrons. The van der Waals surface area contributed by atoms with Gasteiger partial charge in [-0.25, -0.2) is 9.97 Å². The Morgan fingerprint density at radius 3 is 2.65 bits per heavy atom. The summed E-state index contributed by atoms with van der Waals surface area (Å²) in [5, 5.41) is 3.32. The largest absolute Gasteiger partial charge is 0.495 e. The van der Waals surface area contributed by atoms with Crippen molar-refractivity contribution in [3.8, 4) is 5.75 Å². The Labute approximate surface area is 153 Å². The summed E-state index contributed by atoms with van der Waals surface area (Å²) in [6.45, 7) is 2.90. The minimum absolute atomic E-state index is 0.731. The molecule has 0 aliphatic heterocycles. The number of nitrogens with zero attached hydrogens (tertiary/aromatic N) is 4. The first-order valence-corrected chi connectivity index (χ1v) is 8.49. The molecule has 1 aromatic carbocycles. The molecule has 0 aliphatic rings. The van der Waals surface area contributed by atoms with Gasteiger partial charge in [-0.3, -0.25) is 4.98 Å². The molecule has 0 amide bonds. The minimum atomic E-state index is 0.731. The van der Waals surface area contributed by atoms with E-state index in [9.17, 15) is 0 Å². The third-order valence-corrected chi connectivity index (χ3v) is 4.15. The standard InChI is InChI=1S/C20H23N5O/c1-15-4-5-18(26-3)17(12-15)24-19-13-20(23-14-22-19)25(2)11-8-16-6-9-21-10-7-16/h4-7,9-10,12-14H,8,11H2,1-3H3,(H,22,23,24). The number of benzene rings is 1. The summed E-state index contributed by atoms with van der Waals surface area (Å²) in [7, 11) is 3.69. The lowest BCUT2D eigenvalue weighted by Gasteiger charge is -2.19. The van der Waals surface area contributed by atoms with Crippen LogP contribution in [-0.4, -0.2) is 35.7 Å². The topological polar surface area (TPSA) is 63.2 Å². The predicted molar refractivity (Wildman–Crippen MR) is 104 cm³/mol. The van der Waals surface area contributed by atoms with Crippen molar-refractivity contribution in [1.82, 2.24) is 15.0 Å². The average Bonchev–Trinajstić information content (AvgIpc) is 2.67. The van der Waals surface area contributed by atoms with Crippen molar-refractivity contribution in [2.24, 2.45) is 0 Å². The zero-order valence-electron chi connectivity index (χ0n) is 15.3. The van der Waals surface area contributed by atoms with Crippen LogP contribution in [0.2, 0.25) is 0 Å². The van der Waals surface area contributed by atoms with E-state index >= 15 is 0 Å². The van der Waals surface area contributed by atoms with Crippen molar-refractivity contribution in [1.29, 1.82) is 0 Å². The van der Waals surface area contributed by atoms with Gasteiger partial charge in [-0.05, 0) is 48.7 Å². The van der Waals surface area contributed by atoms with Gasteiger partial charge < -0.3 is 15.0 Å². The fraction of sp³-hybridized carbons (Fsp3) is 0.250. The van der Waals surface area contributed by atoms with Crippen LogP contribution in [0.5, 0.6) is 5.75 Å². The van der Waals surface area contributed by atoms with Crippen LogP contribution in [-0.2, 0) is 6.42 Å². The summed E-state index contributed by atoms with van der Waals surface area (Å²) < 4.78 is 5.42. The smallest absolute Gasteiger partial charge is 0.142 e. The number of ether oxygens (including phenoxy) is 1. The predicted octanol–water partition coefficient (Wildman–Crippen LogP) is 3.61. The molecule has 0 atom stereocenters. The number of nitrogens with one attached hydrogen (secondary N) is 1. The Bertz CT molecular complexity index is 854. The van der Waals surface area contributed by atoms with Crippen LogP contribution >= 0.6 is 0 Å². The number of rotatable bonds is 7. The van der Waals surface area contributed by atoms with Crippen molar-refractivity contribution in [2.45, 2.75) is 13.3 Å². The van der Waals surface area contributed by atoms with Gasteiger partial charge in [-0.2, -0.15) is 0 Å². The highest BCUT2D eigenvalue weighted by molar-refractivity contribution is 5.66. The van der Waals surface area contributed by atoms with Gasteiger partial charge in [0.1, 0.15) is 23.7 Å². The molecule has 0 spiro atoms. The first kappa shape index (κ1) is 17.7. The van der Waals surface area contributed by atoms with E-state index in [1.165, 1.54) is 5.56 Å². The molecule has 3 rings (SSSR count). The number of hydrogen-bond acceptors (Lipinski definition) is 6. The van der Waals surface area contributed by atoms with Gasteiger partial charge in [0.25, 0.3) is 0 Å². The normalized spacial score (nSPS) is 10.4. The monoisotopic (exact) mass is 349 g/mol. The van der Waals surface area contributed by atoms with Gasteiger partial charge in [0.05, 0.1) is 12.8 Å². The molecule has 0 bridgehead atoms. The van der Waals surface area contributed by atoms with E-state index in [1.54, 1.807) is 13.4 Å². The van der Waals surface area contributed by atoms with E-state index in [2.05, 4.69) is 25.2 Å². The van der Waals surface area contributed by atoms with Crippen molar-refractivity contribution in [3.63, 3.8) is 0 Å². The van der Waals surface area contributed by atoms with Crippen LogP contribution in [0.3, 0.4) is 0 Å². The van der Waals surface area contributed by atoms with Crippen LogP contribution < -0.4 is 15.0 Å². The Hall–Kier alpha value is -3.15. The molecule has 134 valence electrons. The minimum Gasteiger partial charge on any atom is -0.495 e. The van der Waals surface area contributed by atoms with Gasteiger partial charge in [0.2, 0.25) is 0 Å². The summed E-state index contributed by atoms with van der Waals surface area (Å²) >= 11 is 0. The molecule has 1 N–H and O–H groups in total. The summed E-state index contributed by atoms with van der Waals surface area (Å²) in [6.07, 6.45) is 6.13. The quantitative estimate of drug-likeness (QED) is 0.703. The maximum absolute atomic E-state index is 5.42. The van der Waals surface area contributed by atoms with E-state index in [0.29, 0.717) is 0 Å². The third kappa shape index (κ3) is 4.47. The second-order valence-corrected chi connectivity index (χ2v) is 6.12. The van der Waals surface area contributed by atoms with Gasteiger partial charge >= 0.3 is 0 Å². The molecule has 3 aromatic rings. The van der Waals surface area contributed by atoms with Crippen molar-refractivity contribution >= 4 is 17.3 Å². The highest BCUT2D eigenvalue weighted by Gasteiger charge is 2.08. The van der Waals surface area contributed by atoms with Gasteiger partial charge in [-0.1, -0.05) is 6.07 Å². The molecule has 2 aromatic heterocycles. The number of aryl methyl sites for hydroxylation is 1. The molecule has 0 saturated heterocycles. The van der Waals surface area contributed by atoms with E-state index in [4.69, 9.17) is 4.74 Å². The van der Waals surface area contributed by atoms with Gasteiger partial charge in [0.15, 0.2) is 0 Å². The summed E-state index contributed by atoms with van der Waals surface area (Å²) in [6, 6.07) is 12.0. The zero-order valence-corrected chi connectivity index (χ0v) is 15.3. The molecule has 0 unspecified atom stereocenters. The van der Waals surface area contributed by atoms with E-state index in [-0.39, 0.29) is 0 Å². The molecular weight excluding hydrogens is 326 g/mol. The molecule has 0 fully saturated rings. The first-order chi connectivity index (χ1) is 12.7. The Kier molecular flexibility index (Phi) is 5.63. The number of aromatic nitrogens is 3. The lowest BCUT2D eigenvalue weighted by Crippen LogP contribution is -2.21. The van der Waals surface area contributed by atoms with Gasteiger partial charge in [0, 0.05) is 32.1 Å². The Balaban J connectivity index is 1.71. The van der Waals surface area contributed by atoms with Gasteiger partial charge in [-0.15, -0.1) is 0 Å². The third-order valence-electron chi connectivity index (χ3n) is 4.15. The number of hydrogen-bond donors (Lipinski definition) is 1. The maximum atomic E-state index is 5.42. The Morgan fingerprint density at radius 1 is 1.08 bits per heavy atom. The van der Waals surface area contributed by atoms with Crippen LogP contribution in [0.4, 0.5) is 17.3 Å². The lowest BCUT2D eigenvalue weighted by molar-refractivity contribution is 0.416. The number of anilines is 3. The molecule has 0 saturated carbocycles. The SMILES string of the molecule is COc1ccc(C)cc1Nc1cc(N(C)CCc2ccncc2)ncn1. The van der Waals surface area contributed by atoms with Crippen molar-refractivity contribution in [3.05, 3.63) is 66.2 Å². The fourth-order valence-corrected chi connectivity index (χ4v) is 2.64. The molecule has 2 heterocycles. The molecule has 0 aliphatic carbocycles. The average molecular weight is 349 g/mol. The number of pyridine rings is 1. The summed E-state index contributed by atoms with van der Waals surface area (Å²) in [4.78, 5) is 14.9. The maximum Gasteiger partial charge on any atom is 0.142 e. The fourth-order valence-electron chi connectivity index (χ4n) is 2.64. The molecular formula is C20H23N5O. The van der Waals surface area contributed by atoms with Crippen LogP contribution in [0.25, 0.3) is 0 Å². The first-order valence-electron chi connectivity index (χ1n) is 8.49. The summed E-state index contributed by atoms with van der Waals surface area (Å²) in [5.74, 6) is 2.37. The zero-order chi connectivity index (χ0) is 18.4. The second-order valence-electron chi connectivity index (χ2n) is 6.12. The van der Waals surface area contributed by atoms with Crippen molar-refractivity contribution in [2.75, 3.05) is 30.9 Å². The lowest BCUT2D eigenvalue weighted by atomic mass is 10.2. The number of methoxy groups -OCH3 is 1. The summed E-state index contributed by atoms with van der Waals surface area (Å²) in [5.41, 5.74) is 3.29.